The zero-order chi connectivity index (χ0) is 13.1. The lowest BCUT2D eigenvalue weighted by Crippen LogP contribution is -2.39. The number of nitrogens with zero attached hydrogens (tertiary/aromatic N) is 1. The van der Waals surface area contributed by atoms with Crippen LogP contribution >= 0.6 is 0 Å². The summed E-state index contributed by atoms with van der Waals surface area (Å²) in [5.41, 5.74) is 0. The van der Waals surface area contributed by atoms with Crippen molar-refractivity contribution in [3.05, 3.63) is 0 Å². The molecule has 0 spiro atoms. The van der Waals surface area contributed by atoms with E-state index in [1.54, 1.807) is 11.9 Å². The molecule has 0 heterocycles. The highest BCUT2D eigenvalue weighted by atomic mass is 16.5. The highest BCUT2D eigenvalue weighted by Gasteiger charge is 2.06. The maximum absolute atomic E-state index is 11.5. The van der Waals surface area contributed by atoms with Gasteiger partial charge in [0.1, 0.15) is 6.61 Å². The van der Waals surface area contributed by atoms with Crippen LogP contribution in [-0.2, 0) is 9.53 Å². The van der Waals surface area contributed by atoms with Crippen molar-refractivity contribution in [2.24, 2.45) is 0 Å². The number of carboxylic acid groups (broad SMARTS) is 1. The van der Waals surface area contributed by atoms with Gasteiger partial charge >= 0.3 is 12.0 Å². The molecule has 3 N–H and O–H groups in total. The fraction of sp³-hybridized carbons (Fsp3) is 0.800. The molecule has 0 aliphatic heterocycles. The van der Waals surface area contributed by atoms with Gasteiger partial charge in [0.2, 0.25) is 0 Å². The number of ether oxygens (including phenoxy) is 1. The maximum Gasteiger partial charge on any atom is 0.329 e. The second kappa shape index (κ2) is 9.86. The lowest BCUT2D eigenvalue weighted by atomic mass is 10.4. The van der Waals surface area contributed by atoms with E-state index in [0.29, 0.717) is 13.1 Å². The van der Waals surface area contributed by atoms with Crippen molar-refractivity contribution in [3.8, 4) is 0 Å². The molecule has 0 radical (unpaired) electrons. The standard InChI is InChI=1S/C10H21N3O4/c1-11-4-3-6-13(2)10(16)12-5-7-17-8-9(14)15/h11H,3-8H2,1-2H3,(H,12,16)(H,14,15). The molecule has 7 heteroatoms. The number of carboxylic acids is 1. The highest BCUT2D eigenvalue weighted by Crippen LogP contribution is 1.87. The maximum atomic E-state index is 11.5. The van der Waals surface area contributed by atoms with Gasteiger partial charge in [-0.05, 0) is 20.0 Å². The summed E-state index contributed by atoms with van der Waals surface area (Å²) in [6, 6.07) is -0.181. The molecular formula is C10H21N3O4. The molecule has 0 aliphatic rings. The molecule has 0 aromatic heterocycles. The fourth-order valence-corrected chi connectivity index (χ4v) is 1.12. The van der Waals surface area contributed by atoms with Gasteiger partial charge in [-0.1, -0.05) is 0 Å². The van der Waals surface area contributed by atoms with Gasteiger partial charge in [-0.3, -0.25) is 0 Å². The Labute approximate surface area is 101 Å². The molecule has 0 aromatic rings. The molecule has 0 atom stereocenters. The van der Waals surface area contributed by atoms with Crippen LogP contribution < -0.4 is 10.6 Å². The van der Waals surface area contributed by atoms with Crippen molar-refractivity contribution in [2.45, 2.75) is 6.42 Å². The van der Waals surface area contributed by atoms with Gasteiger partial charge in [-0.15, -0.1) is 0 Å². The quantitative estimate of drug-likeness (QED) is 0.470. The molecule has 17 heavy (non-hydrogen) atoms. The number of aliphatic carboxylic acids is 1. The minimum Gasteiger partial charge on any atom is -0.480 e. The van der Waals surface area contributed by atoms with Crippen LogP contribution in [0.4, 0.5) is 4.79 Å². The summed E-state index contributed by atoms with van der Waals surface area (Å²) >= 11 is 0. The first kappa shape index (κ1) is 15.7. The Hall–Kier alpha value is -1.34. The first-order chi connectivity index (χ1) is 8.07. The van der Waals surface area contributed by atoms with Crippen LogP contribution in [0.15, 0.2) is 0 Å². The van der Waals surface area contributed by atoms with Crippen molar-refractivity contribution in [2.75, 3.05) is 46.9 Å². The lowest BCUT2D eigenvalue weighted by Gasteiger charge is -2.17. The predicted molar refractivity (Wildman–Crippen MR) is 63.0 cm³/mol. The van der Waals surface area contributed by atoms with Crippen molar-refractivity contribution in [3.63, 3.8) is 0 Å². The normalized spacial score (nSPS) is 10.0. The Bertz CT molecular complexity index is 236. The van der Waals surface area contributed by atoms with Crippen LogP contribution in [-0.4, -0.2) is 69.0 Å². The van der Waals surface area contributed by atoms with E-state index in [-0.39, 0.29) is 19.2 Å². The Balaban J connectivity index is 3.47. The van der Waals surface area contributed by atoms with E-state index in [2.05, 4.69) is 10.6 Å². The van der Waals surface area contributed by atoms with Gasteiger partial charge in [0, 0.05) is 20.1 Å². The van der Waals surface area contributed by atoms with Crippen LogP contribution in [0.25, 0.3) is 0 Å². The number of urea groups is 1. The number of carbonyl (C=O) groups excluding carboxylic acids is 1. The average Bonchev–Trinajstić information content (AvgIpc) is 2.28. The van der Waals surface area contributed by atoms with Gasteiger partial charge in [0.05, 0.1) is 6.61 Å². The second-order valence-corrected chi connectivity index (χ2v) is 3.56. The molecule has 0 saturated carbocycles. The summed E-state index contributed by atoms with van der Waals surface area (Å²) in [4.78, 5) is 23.2. The molecule has 0 aliphatic carbocycles. The lowest BCUT2D eigenvalue weighted by molar-refractivity contribution is -0.142. The fourth-order valence-electron chi connectivity index (χ4n) is 1.12. The summed E-state index contributed by atoms with van der Waals surface area (Å²) in [6.45, 7) is 1.70. The molecule has 7 nitrogen and oxygen atoms in total. The second-order valence-electron chi connectivity index (χ2n) is 3.56. The summed E-state index contributed by atoms with van der Waals surface area (Å²) in [6.07, 6.45) is 0.885. The van der Waals surface area contributed by atoms with Gasteiger partial charge < -0.3 is 25.4 Å². The van der Waals surface area contributed by atoms with Crippen LogP contribution in [0.2, 0.25) is 0 Å². The van der Waals surface area contributed by atoms with Crippen molar-refractivity contribution < 1.29 is 19.4 Å². The van der Waals surface area contributed by atoms with E-state index < -0.39 is 5.97 Å². The van der Waals surface area contributed by atoms with Gasteiger partial charge in [-0.25, -0.2) is 9.59 Å². The molecule has 0 unspecified atom stereocenters. The summed E-state index contributed by atoms with van der Waals surface area (Å²) in [5.74, 6) is -1.01. The molecule has 0 bridgehead atoms. The molecule has 2 amide bonds. The van der Waals surface area contributed by atoms with Crippen molar-refractivity contribution in [1.82, 2.24) is 15.5 Å². The van der Waals surface area contributed by atoms with Crippen LogP contribution in [0.1, 0.15) is 6.42 Å². The number of hydrogen-bond acceptors (Lipinski definition) is 4. The van der Waals surface area contributed by atoms with Crippen molar-refractivity contribution >= 4 is 12.0 Å². The number of rotatable bonds is 9. The minimum atomic E-state index is -1.01. The summed E-state index contributed by atoms with van der Waals surface area (Å²) in [7, 11) is 3.57. The first-order valence-electron chi connectivity index (χ1n) is 5.51. The highest BCUT2D eigenvalue weighted by molar-refractivity contribution is 5.73. The monoisotopic (exact) mass is 247 g/mol. The Kier molecular flexibility index (Phi) is 9.08. The Morgan fingerprint density at radius 1 is 1.35 bits per heavy atom. The molecular weight excluding hydrogens is 226 g/mol. The van der Waals surface area contributed by atoms with Crippen molar-refractivity contribution in [1.29, 1.82) is 0 Å². The minimum absolute atomic E-state index is 0.181. The number of hydrogen-bond donors (Lipinski definition) is 3. The van der Waals surface area contributed by atoms with E-state index in [1.165, 1.54) is 0 Å². The third-order valence-electron chi connectivity index (χ3n) is 2.02. The molecule has 100 valence electrons. The SMILES string of the molecule is CNCCCN(C)C(=O)NCCOCC(=O)O. The number of nitrogens with one attached hydrogen (secondary N) is 2. The first-order valence-corrected chi connectivity index (χ1v) is 5.51. The average molecular weight is 247 g/mol. The van der Waals surface area contributed by atoms with E-state index in [0.717, 1.165) is 13.0 Å². The largest absolute Gasteiger partial charge is 0.480 e. The van der Waals surface area contributed by atoms with E-state index in [1.807, 2.05) is 7.05 Å². The van der Waals surface area contributed by atoms with E-state index in [4.69, 9.17) is 9.84 Å². The van der Waals surface area contributed by atoms with Crippen LogP contribution in [0, 0.1) is 0 Å². The van der Waals surface area contributed by atoms with E-state index >= 15 is 0 Å². The van der Waals surface area contributed by atoms with E-state index in [9.17, 15) is 9.59 Å². The van der Waals surface area contributed by atoms with Crippen LogP contribution in [0.3, 0.4) is 0 Å². The number of amides is 2. The van der Waals surface area contributed by atoms with Gasteiger partial charge in [-0.2, -0.15) is 0 Å². The van der Waals surface area contributed by atoms with Crippen LogP contribution in [0.5, 0.6) is 0 Å². The third-order valence-corrected chi connectivity index (χ3v) is 2.02. The van der Waals surface area contributed by atoms with Gasteiger partial charge in [0.15, 0.2) is 0 Å². The third kappa shape index (κ3) is 9.58. The predicted octanol–water partition coefficient (Wildman–Crippen LogP) is -0.661. The zero-order valence-corrected chi connectivity index (χ0v) is 10.4. The molecule has 0 rings (SSSR count). The summed E-state index contributed by atoms with van der Waals surface area (Å²) < 4.78 is 4.78. The molecule has 0 fully saturated rings. The molecule has 0 saturated heterocycles. The molecule has 0 aromatic carbocycles. The smallest absolute Gasteiger partial charge is 0.329 e. The van der Waals surface area contributed by atoms with Gasteiger partial charge in [0.25, 0.3) is 0 Å². The Morgan fingerprint density at radius 2 is 2.06 bits per heavy atom. The number of carbonyl (C=O) groups is 2. The summed E-state index contributed by atoms with van der Waals surface area (Å²) in [5, 5.41) is 13.9. The topological polar surface area (TPSA) is 90.9 Å². The Morgan fingerprint density at radius 3 is 2.65 bits per heavy atom. The zero-order valence-electron chi connectivity index (χ0n) is 10.4.